The van der Waals surface area contributed by atoms with Gasteiger partial charge in [-0.2, -0.15) is 0 Å². The lowest BCUT2D eigenvalue weighted by Crippen LogP contribution is -2.55. The summed E-state index contributed by atoms with van der Waals surface area (Å²) < 4.78 is 17.2. The first-order valence-corrected chi connectivity index (χ1v) is 9.42. The van der Waals surface area contributed by atoms with Crippen molar-refractivity contribution >= 4 is 5.69 Å². The molecule has 0 aliphatic carbocycles. The molecule has 1 saturated heterocycles. The Kier molecular flexibility index (Phi) is 6.53. The van der Waals surface area contributed by atoms with Gasteiger partial charge in [0.05, 0.1) is 12.6 Å². The Morgan fingerprint density at radius 1 is 1.07 bits per heavy atom. The van der Waals surface area contributed by atoms with Crippen LogP contribution in [-0.4, -0.2) is 64.0 Å². The van der Waals surface area contributed by atoms with Gasteiger partial charge in [-0.05, 0) is 19.1 Å². The highest BCUT2D eigenvalue weighted by atomic mass is 16.5. The van der Waals surface area contributed by atoms with Crippen LogP contribution in [0.1, 0.15) is 12.6 Å². The van der Waals surface area contributed by atoms with Crippen LogP contribution in [0, 0.1) is 0 Å². The molecule has 2 aromatic rings. The van der Waals surface area contributed by atoms with Crippen molar-refractivity contribution in [1.82, 2.24) is 20.6 Å². The van der Waals surface area contributed by atoms with Crippen molar-refractivity contribution in [3.63, 3.8) is 0 Å². The summed E-state index contributed by atoms with van der Waals surface area (Å²) in [5.74, 6) is 1.90. The predicted octanol–water partition coefficient (Wildman–Crippen LogP) is 1.42. The fraction of sp³-hybridized carbons (Fsp3) is 0.500. The van der Waals surface area contributed by atoms with Gasteiger partial charge < -0.3 is 29.7 Å². The van der Waals surface area contributed by atoms with Crippen LogP contribution in [-0.2, 0) is 5.54 Å². The maximum atomic E-state index is 5.91. The number of methoxy groups -OCH3 is 1. The molecule has 0 radical (unpaired) electrons. The van der Waals surface area contributed by atoms with Gasteiger partial charge in [0.1, 0.15) is 18.9 Å². The summed E-state index contributed by atoms with van der Waals surface area (Å²) in [4.78, 5) is 10.9. The predicted molar refractivity (Wildman–Crippen MR) is 109 cm³/mol. The largest absolute Gasteiger partial charge is 0.493 e. The molecule has 8 nitrogen and oxygen atoms in total. The Balaban J connectivity index is 1.63. The van der Waals surface area contributed by atoms with E-state index >= 15 is 0 Å². The van der Waals surface area contributed by atoms with Crippen molar-refractivity contribution in [1.29, 1.82) is 0 Å². The molecular formula is C20H29N5O3. The summed E-state index contributed by atoms with van der Waals surface area (Å²) in [5, 5.41) is 6.89. The lowest BCUT2D eigenvalue weighted by Gasteiger charge is -2.35. The van der Waals surface area contributed by atoms with E-state index in [0.29, 0.717) is 30.6 Å². The standard InChI is InChI=1S/C20H29N5O3/c1-20(14-21-7-10-24-20)18-19(23-9-8-22-18)28-12-11-27-17-13-15(25(2)3)5-6-16(17)26-4/h5-6,8-9,13,21,24H,7,10-12,14H2,1-4H3/t20-/m0/s1. The number of hydrogen-bond donors (Lipinski definition) is 2. The minimum absolute atomic E-state index is 0.314. The summed E-state index contributed by atoms with van der Waals surface area (Å²) in [6, 6.07) is 5.83. The molecule has 1 fully saturated rings. The molecule has 2 heterocycles. The van der Waals surface area contributed by atoms with Gasteiger partial charge in [-0.3, -0.25) is 4.98 Å². The van der Waals surface area contributed by atoms with Crippen molar-refractivity contribution < 1.29 is 14.2 Å². The quantitative estimate of drug-likeness (QED) is 0.659. The molecule has 152 valence electrons. The Hall–Kier alpha value is -2.58. The molecule has 0 unspecified atom stereocenters. The monoisotopic (exact) mass is 387 g/mol. The number of piperazine rings is 1. The topological polar surface area (TPSA) is 80.8 Å². The Bertz CT molecular complexity index is 778. The second-order valence-corrected chi connectivity index (χ2v) is 7.07. The molecule has 0 saturated carbocycles. The molecule has 28 heavy (non-hydrogen) atoms. The van der Waals surface area contributed by atoms with E-state index in [4.69, 9.17) is 14.2 Å². The number of hydrogen-bond acceptors (Lipinski definition) is 8. The first kappa shape index (κ1) is 20.2. The maximum absolute atomic E-state index is 5.91. The zero-order chi connectivity index (χ0) is 20.0. The fourth-order valence-electron chi connectivity index (χ4n) is 3.15. The molecule has 1 aromatic carbocycles. The Labute approximate surface area is 166 Å². The summed E-state index contributed by atoms with van der Waals surface area (Å²) in [5.41, 5.74) is 1.53. The van der Waals surface area contributed by atoms with Crippen LogP contribution < -0.4 is 29.7 Å². The van der Waals surface area contributed by atoms with E-state index in [9.17, 15) is 0 Å². The number of anilines is 1. The molecule has 0 spiro atoms. The number of aromatic nitrogens is 2. The molecule has 1 aliphatic rings. The van der Waals surface area contributed by atoms with Gasteiger partial charge >= 0.3 is 0 Å². The lowest BCUT2D eigenvalue weighted by atomic mass is 9.95. The highest BCUT2D eigenvalue weighted by Gasteiger charge is 2.33. The minimum atomic E-state index is -0.314. The molecule has 3 rings (SSSR count). The number of nitrogens with one attached hydrogen (secondary N) is 2. The summed E-state index contributed by atoms with van der Waals surface area (Å²) in [6.07, 6.45) is 3.33. The minimum Gasteiger partial charge on any atom is -0.493 e. The van der Waals surface area contributed by atoms with Crippen LogP contribution in [0.5, 0.6) is 17.4 Å². The Morgan fingerprint density at radius 2 is 1.86 bits per heavy atom. The maximum Gasteiger partial charge on any atom is 0.237 e. The molecule has 0 bridgehead atoms. The first-order chi connectivity index (χ1) is 13.5. The zero-order valence-electron chi connectivity index (χ0n) is 17.0. The number of nitrogens with zero attached hydrogens (tertiary/aromatic N) is 3. The Morgan fingerprint density at radius 3 is 2.57 bits per heavy atom. The van der Waals surface area contributed by atoms with E-state index in [1.165, 1.54) is 0 Å². The van der Waals surface area contributed by atoms with Crippen LogP contribution in [0.15, 0.2) is 30.6 Å². The van der Waals surface area contributed by atoms with E-state index in [0.717, 1.165) is 31.0 Å². The second-order valence-electron chi connectivity index (χ2n) is 7.07. The van der Waals surface area contributed by atoms with Gasteiger partial charge in [0.25, 0.3) is 0 Å². The molecule has 8 heteroatoms. The molecular weight excluding hydrogens is 358 g/mol. The summed E-state index contributed by atoms with van der Waals surface area (Å²) in [7, 11) is 5.60. The summed E-state index contributed by atoms with van der Waals surface area (Å²) in [6.45, 7) is 5.40. The van der Waals surface area contributed by atoms with Gasteiger partial charge in [0.2, 0.25) is 5.88 Å². The van der Waals surface area contributed by atoms with E-state index in [1.54, 1.807) is 19.5 Å². The third-order valence-corrected chi connectivity index (χ3v) is 4.73. The number of ether oxygens (including phenoxy) is 3. The van der Waals surface area contributed by atoms with Gasteiger partial charge in [-0.15, -0.1) is 0 Å². The smallest absolute Gasteiger partial charge is 0.237 e. The van der Waals surface area contributed by atoms with Crippen LogP contribution >= 0.6 is 0 Å². The van der Waals surface area contributed by atoms with Crippen molar-refractivity contribution in [2.24, 2.45) is 0 Å². The molecule has 1 atom stereocenters. The third-order valence-electron chi connectivity index (χ3n) is 4.73. The molecule has 1 aromatic heterocycles. The normalized spacial score (nSPS) is 19.1. The molecule has 2 N–H and O–H groups in total. The first-order valence-electron chi connectivity index (χ1n) is 9.42. The van der Waals surface area contributed by atoms with Gasteiger partial charge in [-0.1, -0.05) is 0 Å². The lowest BCUT2D eigenvalue weighted by molar-refractivity contribution is 0.197. The van der Waals surface area contributed by atoms with Gasteiger partial charge in [0, 0.05) is 57.9 Å². The van der Waals surface area contributed by atoms with E-state index in [1.807, 2.05) is 37.2 Å². The highest BCUT2D eigenvalue weighted by molar-refractivity contribution is 5.55. The molecule has 0 amide bonds. The average molecular weight is 387 g/mol. The zero-order valence-corrected chi connectivity index (χ0v) is 17.0. The fourth-order valence-corrected chi connectivity index (χ4v) is 3.15. The van der Waals surface area contributed by atoms with E-state index < -0.39 is 0 Å². The third kappa shape index (κ3) is 4.63. The van der Waals surface area contributed by atoms with Crippen molar-refractivity contribution in [2.45, 2.75) is 12.5 Å². The number of benzene rings is 1. The summed E-state index contributed by atoms with van der Waals surface area (Å²) >= 11 is 0. The van der Waals surface area contributed by atoms with E-state index in [-0.39, 0.29) is 5.54 Å². The van der Waals surface area contributed by atoms with Crippen molar-refractivity contribution in [3.05, 3.63) is 36.3 Å². The van der Waals surface area contributed by atoms with Gasteiger partial charge in [-0.25, -0.2) is 4.98 Å². The van der Waals surface area contributed by atoms with Crippen molar-refractivity contribution in [3.8, 4) is 17.4 Å². The van der Waals surface area contributed by atoms with E-state index in [2.05, 4.69) is 27.5 Å². The van der Waals surface area contributed by atoms with Gasteiger partial charge in [0.15, 0.2) is 11.5 Å². The number of rotatable bonds is 8. The molecule has 1 aliphatic heterocycles. The average Bonchev–Trinajstić information content (AvgIpc) is 2.71. The SMILES string of the molecule is COc1ccc(N(C)C)cc1OCCOc1nccnc1[C@]1(C)CNCCN1. The van der Waals surface area contributed by atoms with Crippen LogP contribution in [0.3, 0.4) is 0 Å². The highest BCUT2D eigenvalue weighted by Crippen LogP contribution is 2.31. The van der Waals surface area contributed by atoms with Crippen LogP contribution in [0.2, 0.25) is 0 Å². The van der Waals surface area contributed by atoms with Crippen LogP contribution in [0.25, 0.3) is 0 Å². The van der Waals surface area contributed by atoms with Crippen molar-refractivity contribution in [2.75, 3.05) is 59.0 Å². The second kappa shape index (κ2) is 9.07. The van der Waals surface area contributed by atoms with Crippen LogP contribution in [0.4, 0.5) is 5.69 Å².